The van der Waals surface area contributed by atoms with Gasteiger partial charge >= 0.3 is 12.2 Å². The molecule has 4 amide bonds. The van der Waals surface area contributed by atoms with Crippen molar-refractivity contribution in [2.24, 2.45) is 11.8 Å². The third kappa shape index (κ3) is 10.8. The number of nitrogens with one attached hydrogen (secondary N) is 4. The first kappa shape index (κ1) is 55.0. The SMILES string of the molecule is O=C(O)NC(C(=O)N1CCCC1c1nc2cc([C@H]3CC[C@@H](c4cc5nc(C6CCCN6C(=O)[C@@H](NC(=O)O)C6CCOCC6)[nH]c5cc4F)N3c3cc(F)c(N4CCC(c5ccc(F)cc5)CC4)c(F)c3)c(F)cc2[nH]1)C1CCOCC1. The fourth-order valence-corrected chi connectivity index (χ4v) is 14.0. The van der Waals surface area contributed by atoms with Crippen molar-refractivity contribution in [2.75, 3.05) is 62.4 Å². The molecule has 0 spiro atoms. The Kier molecular flexibility index (Phi) is 15.4. The summed E-state index contributed by atoms with van der Waals surface area (Å²) < 4.78 is 92.6. The molecular weight excluding hydrogens is 1070 g/mol. The molecule has 0 bridgehead atoms. The van der Waals surface area contributed by atoms with Gasteiger partial charge < -0.3 is 59.9 Å². The first-order valence-corrected chi connectivity index (χ1v) is 28.6. The molecule has 0 radical (unpaired) electrons. The molecule has 6 atom stereocenters. The molecule has 82 heavy (non-hydrogen) atoms. The highest BCUT2D eigenvalue weighted by atomic mass is 19.1. The molecule has 434 valence electrons. The predicted octanol–water partition coefficient (Wildman–Crippen LogP) is 10.1. The average Bonchev–Trinajstić information content (AvgIpc) is 4.37. The summed E-state index contributed by atoms with van der Waals surface area (Å²) in [5, 5.41) is 24.4. The van der Waals surface area contributed by atoms with E-state index in [4.69, 9.17) is 19.4 Å². The van der Waals surface area contributed by atoms with Gasteiger partial charge in [-0.3, -0.25) is 9.59 Å². The number of carbonyl (C=O) groups excluding carboxylic acids is 2. The lowest BCUT2D eigenvalue weighted by molar-refractivity contribution is -0.137. The van der Waals surface area contributed by atoms with Gasteiger partial charge in [0, 0.05) is 69.4 Å². The summed E-state index contributed by atoms with van der Waals surface area (Å²) in [6.07, 6.45) is 3.20. The number of hydrogen-bond donors (Lipinski definition) is 6. The van der Waals surface area contributed by atoms with E-state index in [1.54, 1.807) is 43.9 Å². The number of carbonyl (C=O) groups is 4. The number of aromatic amines is 2. The van der Waals surface area contributed by atoms with E-state index in [1.165, 1.54) is 36.4 Å². The van der Waals surface area contributed by atoms with E-state index in [0.717, 1.165) is 5.56 Å². The number of aromatic nitrogens is 4. The molecular formula is C59H65F5N10O8. The number of carboxylic acid groups (broad SMARTS) is 2. The Morgan fingerprint density at radius 1 is 0.549 bits per heavy atom. The maximum absolute atomic E-state index is 17.1. The Bertz CT molecular complexity index is 3200. The number of imidazole rings is 2. The van der Waals surface area contributed by atoms with Crippen LogP contribution in [0, 0.1) is 40.9 Å². The highest BCUT2D eigenvalue weighted by Crippen LogP contribution is 2.50. The number of piperidine rings is 1. The Balaban J connectivity index is 0.872. The first-order chi connectivity index (χ1) is 39.7. The molecule has 8 heterocycles. The maximum atomic E-state index is 17.1. The summed E-state index contributed by atoms with van der Waals surface area (Å²) in [7, 11) is 0. The number of H-pyrrole nitrogens is 2. The molecule has 6 fully saturated rings. The van der Waals surface area contributed by atoms with Crippen molar-refractivity contribution in [1.82, 2.24) is 40.4 Å². The summed E-state index contributed by atoms with van der Waals surface area (Å²) in [4.78, 5) is 75.2. The highest BCUT2D eigenvalue weighted by molar-refractivity contribution is 5.87. The number of nitrogens with zero attached hydrogens (tertiary/aromatic N) is 6. The van der Waals surface area contributed by atoms with E-state index in [-0.39, 0.29) is 70.7 Å². The average molecular weight is 1140 g/mol. The standard InChI is InChI=1S/C59H65F5N10O8/c60-35-7-5-31(6-8-35)32-11-19-71(20-12-32)53-41(63)25-36(26-42(53)64)74-47(37-27-43-45(29-39(37)61)67-54(65-43)49-3-1-17-72(49)56(75)51(69-58(77)78)33-13-21-81-22-14-33)9-10-48(74)38-28-44-46(30-40(38)62)68-55(66-44)50-4-2-18-73(50)57(76)52(70-59(79)80)34-15-23-82-24-16-34/h5-8,25-30,32-34,47-52,69-70H,1-4,9-24H2,(H,65,67)(H,66,68)(H,77,78)(H,79,80)/t47-,48+,49?,50?,51-,52?/m0/s1. The van der Waals surface area contributed by atoms with Crippen molar-refractivity contribution in [1.29, 1.82) is 0 Å². The zero-order chi connectivity index (χ0) is 56.9. The lowest BCUT2D eigenvalue weighted by Crippen LogP contribution is -2.52. The van der Waals surface area contributed by atoms with Crippen molar-refractivity contribution in [2.45, 2.75) is 119 Å². The zero-order valence-corrected chi connectivity index (χ0v) is 45.0. The van der Waals surface area contributed by atoms with Crippen LogP contribution in [0.4, 0.5) is 42.9 Å². The molecule has 6 aliphatic rings. The van der Waals surface area contributed by atoms with Gasteiger partial charge in [-0.25, -0.2) is 41.5 Å². The van der Waals surface area contributed by atoms with Gasteiger partial charge in [-0.2, -0.15) is 0 Å². The number of amides is 4. The van der Waals surface area contributed by atoms with E-state index in [2.05, 4.69) is 20.6 Å². The highest BCUT2D eigenvalue weighted by Gasteiger charge is 2.44. The van der Waals surface area contributed by atoms with Crippen LogP contribution < -0.4 is 20.4 Å². The van der Waals surface area contributed by atoms with E-state index in [1.807, 2.05) is 0 Å². The number of anilines is 2. The number of benzene rings is 4. The van der Waals surface area contributed by atoms with Crippen molar-refractivity contribution in [3.05, 3.63) is 118 Å². The number of ether oxygens (including phenoxy) is 2. The molecule has 0 saturated carbocycles. The fraction of sp³-hybridized carbons (Fsp3) is 0.492. The number of likely N-dealkylation sites (tertiary alicyclic amines) is 2. The fourth-order valence-electron chi connectivity index (χ4n) is 14.0. The minimum atomic E-state index is -1.31. The largest absolute Gasteiger partial charge is 0.465 e. The van der Waals surface area contributed by atoms with Crippen LogP contribution in [0.25, 0.3) is 22.1 Å². The molecule has 6 aliphatic heterocycles. The maximum Gasteiger partial charge on any atom is 0.405 e. The van der Waals surface area contributed by atoms with E-state index in [0.29, 0.717) is 151 Å². The predicted molar refractivity (Wildman–Crippen MR) is 291 cm³/mol. The van der Waals surface area contributed by atoms with Gasteiger partial charge in [0.05, 0.1) is 46.2 Å². The van der Waals surface area contributed by atoms with Crippen LogP contribution in [0.1, 0.15) is 135 Å². The number of halogens is 5. The van der Waals surface area contributed by atoms with Crippen molar-refractivity contribution >= 4 is 57.4 Å². The van der Waals surface area contributed by atoms with Crippen LogP contribution >= 0.6 is 0 Å². The van der Waals surface area contributed by atoms with Crippen LogP contribution in [0.3, 0.4) is 0 Å². The van der Waals surface area contributed by atoms with Crippen LogP contribution in [0.15, 0.2) is 60.7 Å². The van der Waals surface area contributed by atoms with Crippen LogP contribution in [-0.4, -0.2) is 129 Å². The minimum absolute atomic E-state index is 0.0419. The summed E-state index contributed by atoms with van der Waals surface area (Å²) in [6.45, 7) is 2.96. The Hall–Kier alpha value is -7.53. The second-order valence-corrected chi connectivity index (χ2v) is 22.7. The zero-order valence-electron chi connectivity index (χ0n) is 45.0. The second kappa shape index (κ2) is 23.0. The summed E-state index contributed by atoms with van der Waals surface area (Å²) in [5.74, 6) is -3.86. The van der Waals surface area contributed by atoms with Gasteiger partial charge in [0.15, 0.2) is 11.6 Å². The molecule has 6 aromatic rings. The number of hydrogen-bond acceptors (Lipinski definition) is 10. The van der Waals surface area contributed by atoms with Gasteiger partial charge in [0.25, 0.3) is 0 Å². The van der Waals surface area contributed by atoms with E-state index < -0.39 is 71.7 Å². The van der Waals surface area contributed by atoms with Gasteiger partial charge in [-0.15, -0.1) is 0 Å². The van der Waals surface area contributed by atoms with Crippen LogP contribution in [0.5, 0.6) is 0 Å². The third-order valence-electron chi connectivity index (χ3n) is 18.1. The third-order valence-corrected chi connectivity index (χ3v) is 18.1. The molecule has 6 saturated heterocycles. The lowest BCUT2D eigenvalue weighted by Gasteiger charge is -2.36. The van der Waals surface area contributed by atoms with E-state index in [9.17, 15) is 33.8 Å². The molecule has 12 rings (SSSR count). The molecule has 2 aromatic heterocycles. The molecule has 6 N–H and O–H groups in total. The Labute approximate surface area is 468 Å². The number of fused-ring (bicyclic) bond motifs is 2. The van der Waals surface area contributed by atoms with Gasteiger partial charge in [0.1, 0.15) is 46.9 Å². The first-order valence-electron chi connectivity index (χ1n) is 28.6. The van der Waals surface area contributed by atoms with Gasteiger partial charge in [0.2, 0.25) is 11.8 Å². The topological polar surface area (TPSA) is 222 Å². The van der Waals surface area contributed by atoms with Crippen molar-refractivity contribution in [3.63, 3.8) is 0 Å². The van der Waals surface area contributed by atoms with Gasteiger partial charge in [-0.05, 0) is 149 Å². The Morgan fingerprint density at radius 2 is 1.00 bits per heavy atom. The summed E-state index contributed by atoms with van der Waals surface area (Å²) in [6, 6.07) is 9.42. The molecule has 18 nitrogen and oxygen atoms in total. The lowest BCUT2D eigenvalue weighted by atomic mass is 9.89. The van der Waals surface area contributed by atoms with Gasteiger partial charge in [-0.1, -0.05) is 12.1 Å². The minimum Gasteiger partial charge on any atom is -0.465 e. The quantitative estimate of drug-likeness (QED) is 0.0595. The van der Waals surface area contributed by atoms with Crippen molar-refractivity contribution in [3.8, 4) is 0 Å². The number of rotatable bonds is 13. The van der Waals surface area contributed by atoms with Crippen molar-refractivity contribution < 1.29 is 60.8 Å². The molecule has 0 aliphatic carbocycles. The van der Waals surface area contributed by atoms with E-state index >= 15 is 17.6 Å². The van der Waals surface area contributed by atoms with Crippen LogP contribution in [0.2, 0.25) is 0 Å². The molecule has 4 aromatic carbocycles. The molecule has 3 unspecified atom stereocenters. The smallest absolute Gasteiger partial charge is 0.405 e. The normalized spacial score (nSPS) is 23.0. The summed E-state index contributed by atoms with van der Waals surface area (Å²) in [5.41, 5.74) is 2.39. The van der Waals surface area contributed by atoms with Crippen LogP contribution in [-0.2, 0) is 19.1 Å². The second-order valence-electron chi connectivity index (χ2n) is 22.7. The summed E-state index contributed by atoms with van der Waals surface area (Å²) >= 11 is 0. The Morgan fingerprint density at radius 3 is 1.44 bits per heavy atom. The molecule has 23 heteroatoms. The monoisotopic (exact) mass is 1140 g/mol.